The molecule has 32 heavy (non-hydrogen) atoms. The molecule has 1 aliphatic heterocycles. The molecule has 4 N–H and O–H groups in total. The molecule has 4 rings (SSSR count). The Morgan fingerprint density at radius 1 is 1.28 bits per heavy atom. The quantitative estimate of drug-likeness (QED) is 0.641. The summed E-state index contributed by atoms with van der Waals surface area (Å²) in [5, 5.41) is 13.4. The van der Waals surface area contributed by atoms with Gasteiger partial charge in [-0.25, -0.2) is 4.98 Å². The van der Waals surface area contributed by atoms with Crippen LogP contribution in [0.4, 0.5) is 0 Å². The monoisotopic (exact) mass is 456 g/mol. The van der Waals surface area contributed by atoms with Crippen LogP contribution in [0.3, 0.4) is 0 Å². The van der Waals surface area contributed by atoms with Crippen LogP contribution in [0.5, 0.6) is 0 Å². The number of β-amino-alcohol motifs (C(OH)–C–C–N with tert-alkyl or cyclic N) is 1. The largest absolute Gasteiger partial charge is 0.391 e. The van der Waals surface area contributed by atoms with Crippen LogP contribution in [0.1, 0.15) is 51.3 Å². The van der Waals surface area contributed by atoms with Crippen molar-refractivity contribution in [2.45, 2.75) is 70.7 Å². The zero-order valence-electron chi connectivity index (χ0n) is 19.1. The molecule has 3 atom stereocenters. The topological polar surface area (TPSA) is 109 Å². The van der Waals surface area contributed by atoms with Crippen LogP contribution in [0.15, 0.2) is 29.8 Å². The summed E-state index contributed by atoms with van der Waals surface area (Å²) < 4.78 is 0. The van der Waals surface area contributed by atoms with Crippen molar-refractivity contribution in [1.29, 1.82) is 0 Å². The van der Waals surface area contributed by atoms with Gasteiger partial charge in [-0.1, -0.05) is 45.0 Å². The Labute approximate surface area is 193 Å². The number of aliphatic hydroxyl groups excluding tert-OH is 1. The molecule has 1 aliphatic carbocycles. The Morgan fingerprint density at radius 3 is 2.47 bits per heavy atom. The summed E-state index contributed by atoms with van der Waals surface area (Å²) in [5.74, 6) is -0.515. The molecule has 8 heteroatoms. The van der Waals surface area contributed by atoms with Crippen LogP contribution in [0, 0.1) is 12.3 Å². The van der Waals surface area contributed by atoms with Gasteiger partial charge in [-0.05, 0) is 36.3 Å². The highest BCUT2D eigenvalue weighted by atomic mass is 32.1. The highest BCUT2D eigenvalue weighted by Gasteiger charge is 2.49. The fraction of sp³-hybridized carbons (Fsp3) is 0.542. The zero-order valence-corrected chi connectivity index (χ0v) is 19.9. The summed E-state index contributed by atoms with van der Waals surface area (Å²) in [5.41, 5.74) is 10.4. The number of nitrogens with two attached hydrogens (primary N) is 1. The van der Waals surface area contributed by atoms with Crippen LogP contribution in [-0.2, 0) is 15.1 Å². The van der Waals surface area contributed by atoms with E-state index in [0.717, 1.165) is 34.5 Å². The van der Waals surface area contributed by atoms with Crippen LogP contribution < -0.4 is 11.1 Å². The van der Waals surface area contributed by atoms with E-state index in [4.69, 9.17) is 5.73 Å². The molecule has 0 spiro atoms. The van der Waals surface area contributed by atoms with E-state index in [2.05, 4.69) is 34.6 Å². The maximum absolute atomic E-state index is 13.2. The molecule has 0 radical (unpaired) electrons. The lowest BCUT2D eigenvalue weighted by Crippen LogP contribution is -2.55. The molecule has 1 saturated carbocycles. The highest BCUT2D eigenvalue weighted by Crippen LogP contribution is 2.46. The van der Waals surface area contributed by atoms with Crippen molar-refractivity contribution in [3.05, 3.63) is 41.0 Å². The van der Waals surface area contributed by atoms with Gasteiger partial charge >= 0.3 is 0 Å². The average Bonchev–Trinajstić information content (AvgIpc) is 3.21. The van der Waals surface area contributed by atoms with E-state index in [1.165, 1.54) is 4.90 Å². The third kappa shape index (κ3) is 4.31. The standard InChI is InChI=1S/C24H32N4O3S/c1-14-19(32-13-26-14)15-5-7-16(8-6-15)24(9-10-24)27-21(30)18-11-17(29)12-28(18)22(31)20(25)23(2,3)4/h5-8,13,17-18,20,29H,9-12,25H2,1-4H3,(H,27,30). The summed E-state index contributed by atoms with van der Waals surface area (Å²) >= 11 is 1.61. The van der Waals surface area contributed by atoms with Gasteiger partial charge < -0.3 is 21.1 Å². The summed E-state index contributed by atoms with van der Waals surface area (Å²) in [6.07, 6.45) is 1.21. The van der Waals surface area contributed by atoms with Gasteiger partial charge in [0, 0.05) is 13.0 Å². The van der Waals surface area contributed by atoms with Crippen molar-refractivity contribution >= 4 is 23.2 Å². The average molecular weight is 457 g/mol. The molecule has 1 aromatic heterocycles. The van der Waals surface area contributed by atoms with E-state index in [-0.39, 0.29) is 24.8 Å². The van der Waals surface area contributed by atoms with Crippen molar-refractivity contribution in [3.63, 3.8) is 0 Å². The predicted molar refractivity (Wildman–Crippen MR) is 125 cm³/mol. The molecule has 7 nitrogen and oxygen atoms in total. The number of thiazole rings is 1. The number of likely N-dealkylation sites (tertiary alicyclic amines) is 1. The molecular weight excluding hydrogens is 424 g/mol. The number of aliphatic hydroxyl groups is 1. The van der Waals surface area contributed by atoms with Crippen LogP contribution in [-0.4, -0.2) is 51.5 Å². The second-order valence-corrected chi connectivity index (χ2v) is 11.0. The first kappa shape index (κ1) is 22.9. The van der Waals surface area contributed by atoms with Gasteiger partial charge in [0.2, 0.25) is 11.8 Å². The molecule has 2 heterocycles. The molecule has 2 aromatic rings. The number of nitrogens with one attached hydrogen (secondary N) is 1. The van der Waals surface area contributed by atoms with Gasteiger partial charge in [-0.15, -0.1) is 11.3 Å². The molecule has 0 bridgehead atoms. The number of benzene rings is 1. The number of aromatic nitrogens is 1. The predicted octanol–water partition coefficient (Wildman–Crippen LogP) is 2.56. The zero-order chi connectivity index (χ0) is 23.3. The first-order chi connectivity index (χ1) is 15.0. The summed E-state index contributed by atoms with van der Waals surface area (Å²) in [6.45, 7) is 7.82. The number of rotatable bonds is 5. The third-order valence-electron chi connectivity index (χ3n) is 6.62. The first-order valence-electron chi connectivity index (χ1n) is 11.1. The summed E-state index contributed by atoms with van der Waals surface area (Å²) in [4.78, 5) is 33.2. The number of carbonyl (C=O) groups excluding carboxylic acids is 2. The Kier molecular flexibility index (Phi) is 5.90. The second kappa shape index (κ2) is 8.24. The van der Waals surface area contributed by atoms with Crippen LogP contribution in [0.25, 0.3) is 10.4 Å². The van der Waals surface area contributed by atoms with Crippen molar-refractivity contribution in [1.82, 2.24) is 15.2 Å². The van der Waals surface area contributed by atoms with Gasteiger partial charge in [0.25, 0.3) is 0 Å². The van der Waals surface area contributed by atoms with Gasteiger partial charge in [-0.3, -0.25) is 9.59 Å². The molecule has 2 amide bonds. The fourth-order valence-corrected chi connectivity index (χ4v) is 5.12. The SMILES string of the molecule is Cc1ncsc1-c1ccc(C2(NC(=O)C3CC(O)CN3C(=O)C(N)C(C)(C)C)CC2)cc1. The number of hydrogen-bond donors (Lipinski definition) is 3. The van der Waals surface area contributed by atoms with E-state index < -0.39 is 29.1 Å². The molecular formula is C24H32N4O3S. The van der Waals surface area contributed by atoms with Gasteiger partial charge in [0.15, 0.2) is 0 Å². The van der Waals surface area contributed by atoms with E-state index >= 15 is 0 Å². The Hall–Kier alpha value is -2.29. The number of aryl methyl sites for hydroxylation is 1. The normalized spacial score (nSPS) is 23.1. The van der Waals surface area contributed by atoms with Crippen LogP contribution >= 0.6 is 11.3 Å². The number of carbonyl (C=O) groups is 2. The third-order valence-corrected chi connectivity index (χ3v) is 7.60. The van der Waals surface area contributed by atoms with Gasteiger partial charge in [-0.2, -0.15) is 0 Å². The minimum Gasteiger partial charge on any atom is -0.391 e. The molecule has 2 aliphatic rings. The first-order valence-corrected chi connectivity index (χ1v) is 12.0. The Morgan fingerprint density at radius 2 is 1.94 bits per heavy atom. The summed E-state index contributed by atoms with van der Waals surface area (Å²) in [6, 6.07) is 6.82. The van der Waals surface area contributed by atoms with E-state index in [9.17, 15) is 14.7 Å². The van der Waals surface area contributed by atoms with Crippen LogP contribution in [0.2, 0.25) is 0 Å². The van der Waals surface area contributed by atoms with E-state index in [0.29, 0.717) is 0 Å². The van der Waals surface area contributed by atoms with Gasteiger partial charge in [0.05, 0.1) is 33.8 Å². The summed E-state index contributed by atoms with van der Waals surface area (Å²) in [7, 11) is 0. The molecule has 172 valence electrons. The minimum absolute atomic E-state index is 0.136. The van der Waals surface area contributed by atoms with Crippen molar-refractivity contribution in [3.8, 4) is 10.4 Å². The fourth-order valence-electron chi connectivity index (χ4n) is 4.30. The Bertz CT molecular complexity index is 1010. The van der Waals surface area contributed by atoms with Gasteiger partial charge in [0.1, 0.15) is 6.04 Å². The molecule has 1 saturated heterocycles. The lowest BCUT2D eigenvalue weighted by atomic mass is 9.86. The van der Waals surface area contributed by atoms with Crippen molar-refractivity contribution in [2.24, 2.45) is 11.1 Å². The van der Waals surface area contributed by atoms with Crippen molar-refractivity contribution in [2.75, 3.05) is 6.54 Å². The van der Waals surface area contributed by atoms with Crippen molar-refractivity contribution < 1.29 is 14.7 Å². The smallest absolute Gasteiger partial charge is 0.243 e. The minimum atomic E-state index is -0.735. The van der Waals surface area contributed by atoms with E-state index in [1.54, 1.807) is 11.3 Å². The number of nitrogens with zero attached hydrogens (tertiary/aromatic N) is 2. The number of amides is 2. The van der Waals surface area contributed by atoms with E-state index in [1.807, 2.05) is 33.2 Å². The second-order valence-electron chi connectivity index (χ2n) is 10.2. The number of hydrogen-bond acceptors (Lipinski definition) is 6. The lowest BCUT2D eigenvalue weighted by molar-refractivity contribution is -0.141. The molecule has 2 fully saturated rings. The Balaban J connectivity index is 1.49. The maximum atomic E-state index is 13.2. The lowest BCUT2D eigenvalue weighted by Gasteiger charge is -2.33. The maximum Gasteiger partial charge on any atom is 0.243 e. The molecule has 3 unspecified atom stereocenters. The molecule has 1 aromatic carbocycles. The highest BCUT2D eigenvalue weighted by molar-refractivity contribution is 7.13.